The first-order valence-electron chi connectivity index (χ1n) is 11.3. The van der Waals surface area contributed by atoms with Crippen molar-refractivity contribution in [3.8, 4) is 5.75 Å². The van der Waals surface area contributed by atoms with Crippen molar-refractivity contribution in [3.63, 3.8) is 0 Å². The molecule has 0 fully saturated rings. The van der Waals surface area contributed by atoms with Crippen molar-refractivity contribution in [1.82, 2.24) is 5.32 Å². The van der Waals surface area contributed by atoms with Gasteiger partial charge in [-0.25, -0.2) is 8.42 Å². The van der Waals surface area contributed by atoms with Gasteiger partial charge >= 0.3 is 0 Å². The number of nitrogens with one attached hydrogen (secondary N) is 1. The molecule has 1 N–H and O–H groups in total. The number of rotatable bonds is 10. The summed E-state index contributed by atoms with van der Waals surface area (Å²) in [4.78, 5) is 12.9. The van der Waals surface area contributed by atoms with E-state index < -0.39 is 10.0 Å². The predicted octanol–water partition coefficient (Wildman–Crippen LogP) is 4.56. The maximum atomic E-state index is 13.5. The van der Waals surface area contributed by atoms with Gasteiger partial charge in [0, 0.05) is 6.54 Å². The Morgan fingerprint density at radius 1 is 0.882 bits per heavy atom. The van der Waals surface area contributed by atoms with Gasteiger partial charge in [-0.1, -0.05) is 35.9 Å². The number of hydrogen-bond donors (Lipinski definition) is 1. The van der Waals surface area contributed by atoms with Crippen molar-refractivity contribution >= 4 is 21.6 Å². The average Bonchev–Trinajstić information content (AvgIpc) is 2.80. The van der Waals surface area contributed by atoms with Crippen LogP contribution in [0.1, 0.15) is 28.7 Å². The van der Waals surface area contributed by atoms with Gasteiger partial charge in [-0.15, -0.1) is 0 Å². The molecule has 7 heteroatoms. The third kappa shape index (κ3) is 6.60. The van der Waals surface area contributed by atoms with Gasteiger partial charge in [0.2, 0.25) is 5.91 Å². The number of methoxy groups -OCH3 is 1. The van der Waals surface area contributed by atoms with Crippen molar-refractivity contribution in [2.75, 3.05) is 24.5 Å². The fourth-order valence-electron chi connectivity index (χ4n) is 3.75. The molecular formula is C27H32N2O4S. The molecule has 3 aromatic rings. The lowest BCUT2D eigenvalue weighted by atomic mass is 10.1. The molecule has 0 aromatic heterocycles. The number of anilines is 1. The Bertz CT molecular complexity index is 1200. The predicted molar refractivity (Wildman–Crippen MR) is 136 cm³/mol. The van der Waals surface area contributed by atoms with Crippen LogP contribution in [-0.4, -0.2) is 34.5 Å². The SMILES string of the molecule is COc1ccc(CCCNC(=O)CN(c2cc(C)cc(C)c2)S(=O)(=O)c2ccc(C)cc2)cc1. The molecule has 0 atom stereocenters. The number of sulfonamides is 1. The lowest BCUT2D eigenvalue weighted by Gasteiger charge is -2.25. The van der Waals surface area contributed by atoms with Crippen LogP contribution in [0.15, 0.2) is 71.6 Å². The lowest BCUT2D eigenvalue weighted by Crippen LogP contribution is -2.41. The van der Waals surface area contributed by atoms with Crippen molar-refractivity contribution in [3.05, 3.63) is 89.0 Å². The molecule has 0 spiro atoms. The van der Waals surface area contributed by atoms with Crippen LogP contribution in [0.2, 0.25) is 0 Å². The van der Waals surface area contributed by atoms with Crippen LogP contribution < -0.4 is 14.4 Å². The third-order valence-corrected chi connectivity index (χ3v) is 7.30. The fourth-order valence-corrected chi connectivity index (χ4v) is 5.15. The molecule has 0 radical (unpaired) electrons. The molecule has 0 heterocycles. The zero-order valence-corrected chi connectivity index (χ0v) is 21.0. The van der Waals surface area contributed by atoms with Crippen LogP contribution in [-0.2, 0) is 21.2 Å². The summed E-state index contributed by atoms with van der Waals surface area (Å²) in [5.74, 6) is 0.461. The van der Waals surface area contributed by atoms with E-state index in [1.807, 2.05) is 51.1 Å². The summed E-state index contributed by atoms with van der Waals surface area (Å²) in [7, 11) is -2.29. The second kappa shape index (κ2) is 11.2. The number of benzene rings is 3. The molecule has 1 amide bonds. The summed E-state index contributed by atoms with van der Waals surface area (Å²) in [6.07, 6.45) is 1.54. The first kappa shape index (κ1) is 25.3. The van der Waals surface area contributed by atoms with E-state index in [1.54, 1.807) is 43.5 Å². The third-order valence-electron chi connectivity index (χ3n) is 5.51. The zero-order valence-electron chi connectivity index (χ0n) is 20.2. The van der Waals surface area contributed by atoms with Crippen molar-refractivity contribution in [2.45, 2.75) is 38.5 Å². The van der Waals surface area contributed by atoms with Crippen LogP contribution in [0.5, 0.6) is 5.75 Å². The minimum absolute atomic E-state index is 0.157. The second-order valence-corrected chi connectivity index (χ2v) is 10.3. The molecule has 0 aliphatic rings. The Morgan fingerprint density at radius 2 is 1.50 bits per heavy atom. The summed E-state index contributed by atoms with van der Waals surface area (Å²) in [6, 6.07) is 20.0. The number of ether oxygens (including phenoxy) is 1. The maximum Gasteiger partial charge on any atom is 0.264 e. The first-order chi connectivity index (χ1) is 16.2. The zero-order chi connectivity index (χ0) is 24.7. The smallest absolute Gasteiger partial charge is 0.264 e. The Balaban J connectivity index is 1.71. The van der Waals surface area contributed by atoms with Crippen LogP contribution in [0, 0.1) is 20.8 Å². The molecule has 0 aliphatic carbocycles. The van der Waals surface area contributed by atoms with Crippen LogP contribution in [0.4, 0.5) is 5.69 Å². The molecular weight excluding hydrogens is 448 g/mol. The van der Waals surface area contributed by atoms with Gasteiger partial charge in [-0.2, -0.15) is 0 Å². The lowest BCUT2D eigenvalue weighted by molar-refractivity contribution is -0.119. The van der Waals surface area contributed by atoms with E-state index in [0.717, 1.165) is 40.8 Å². The molecule has 3 rings (SSSR count). The molecule has 34 heavy (non-hydrogen) atoms. The van der Waals surface area contributed by atoms with Crippen LogP contribution in [0.25, 0.3) is 0 Å². The van der Waals surface area contributed by atoms with Crippen molar-refractivity contribution < 1.29 is 17.9 Å². The molecule has 0 aliphatic heterocycles. The van der Waals surface area contributed by atoms with Gasteiger partial charge in [-0.3, -0.25) is 9.10 Å². The van der Waals surface area contributed by atoms with Gasteiger partial charge in [0.05, 0.1) is 17.7 Å². The molecule has 3 aromatic carbocycles. The summed E-state index contributed by atoms with van der Waals surface area (Å²) < 4.78 is 33.4. The van der Waals surface area contributed by atoms with E-state index in [0.29, 0.717) is 12.2 Å². The van der Waals surface area contributed by atoms with E-state index >= 15 is 0 Å². The van der Waals surface area contributed by atoms with E-state index in [-0.39, 0.29) is 17.3 Å². The van der Waals surface area contributed by atoms with Gasteiger partial charge in [0.1, 0.15) is 12.3 Å². The normalized spacial score (nSPS) is 11.2. The van der Waals surface area contributed by atoms with E-state index in [9.17, 15) is 13.2 Å². The van der Waals surface area contributed by atoms with E-state index in [1.165, 1.54) is 4.31 Å². The van der Waals surface area contributed by atoms with Gasteiger partial charge in [0.15, 0.2) is 0 Å². The summed E-state index contributed by atoms with van der Waals surface area (Å²) in [5.41, 5.74) is 4.45. The highest BCUT2D eigenvalue weighted by Gasteiger charge is 2.27. The summed E-state index contributed by atoms with van der Waals surface area (Å²) in [5, 5.41) is 2.87. The van der Waals surface area contributed by atoms with Gasteiger partial charge in [0.25, 0.3) is 10.0 Å². The van der Waals surface area contributed by atoms with Crippen molar-refractivity contribution in [1.29, 1.82) is 0 Å². The van der Waals surface area contributed by atoms with Crippen LogP contribution >= 0.6 is 0 Å². The number of amides is 1. The molecule has 180 valence electrons. The topological polar surface area (TPSA) is 75.7 Å². The van der Waals surface area contributed by atoms with Gasteiger partial charge in [-0.05, 0) is 86.7 Å². The standard InChI is InChI=1S/C27H32N2O4S/c1-20-7-13-26(14-8-20)34(31,32)29(24-17-21(2)16-22(3)18-24)19-27(30)28-15-5-6-23-9-11-25(33-4)12-10-23/h7-14,16-18H,5-6,15,19H2,1-4H3,(H,28,30). The highest BCUT2D eigenvalue weighted by molar-refractivity contribution is 7.92. The minimum atomic E-state index is -3.92. The largest absolute Gasteiger partial charge is 0.497 e. The van der Waals surface area contributed by atoms with Crippen LogP contribution in [0.3, 0.4) is 0 Å². The number of carbonyl (C=O) groups excluding carboxylic acids is 1. The minimum Gasteiger partial charge on any atom is -0.497 e. The summed E-state index contributed by atoms with van der Waals surface area (Å²) in [6.45, 7) is 5.88. The number of hydrogen-bond acceptors (Lipinski definition) is 4. The highest BCUT2D eigenvalue weighted by atomic mass is 32.2. The number of nitrogens with zero attached hydrogens (tertiary/aromatic N) is 1. The summed E-state index contributed by atoms with van der Waals surface area (Å²) >= 11 is 0. The number of carbonyl (C=O) groups is 1. The Kier molecular flexibility index (Phi) is 8.34. The quantitative estimate of drug-likeness (QED) is 0.432. The molecule has 0 unspecified atom stereocenters. The monoisotopic (exact) mass is 480 g/mol. The highest BCUT2D eigenvalue weighted by Crippen LogP contribution is 2.26. The Morgan fingerprint density at radius 3 is 2.09 bits per heavy atom. The molecule has 0 saturated heterocycles. The van der Waals surface area contributed by atoms with E-state index in [2.05, 4.69) is 5.32 Å². The Hall–Kier alpha value is -3.32. The van der Waals surface area contributed by atoms with Crippen molar-refractivity contribution in [2.24, 2.45) is 0 Å². The Labute approximate surface area is 202 Å². The fraction of sp³-hybridized carbons (Fsp3) is 0.296. The first-order valence-corrected chi connectivity index (χ1v) is 12.7. The van der Waals surface area contributed by atoms with E-state index in [4.69, 9.17) is 4.74 Å². The molecule has 0 saturated carbocycles. The molecule has 6 nitrogen and oxygen atoms in total. The second-order valence-electron chi connectivity index (χ2n) is 8.47. The number of aryl methyl sites for hydroxylation is 4. The molecule has 0 bridgehead atoms. The van der Waals surface area contributed by atoms with Gasteiger partial charge < -0.3 is 10.1 Å². The average molecular weight is 481 g/mol. The maximum absolute atomic E-state index is 13.5.